The molecule has 2 saturated carbocycles. The highest BCUT2D eigenvalue weighted by Crippen LogP contribution is 2.54. The van der Waals surface area contributed by atoms with Gasteiger partial charge in [0.25, 0.3) is 0 Å². The average Bonchev–Trinajstić information content (AvgIpc) is 3.58. The topological polar surface area (TPSA) is 110 Å². The predicted octanol–water partition coefficient (Wildman–Crippen LogP) is 3.50. The van der Waals surface area contributed by atoms with Gasteiger partial charge in [0.2, 0.25) is 10.0 Å². The lowest BCUT2D eigenvalue weighted by Gasteiger charge is -2.59. The van der Waals surface area contributed by atoms with Gasteiger partial charge in [0.15, 0.2) is 5.82 Å². The fraction of sp³-hybridized carbons (Fsp3) is 0.640. The van der Waals surface area contributed by atoms with Crippen LogP contribution in [0.4, 0.5) is 18.0 Å². The van der Waals surface area contributed by atoms with Crippen molar-refractivity contribution in [1.29, 1.82) is 0 Å². The van der Waals surface area contributed by atoms with Gasteiger partial charge in [0.1, 0.15) is 12.1 Å². The summed E-state index contributed by atoms with van der Waals surface area (Å²) in [5.74, 6) is 1.09. The van der Waals surface area contributed by atoms with Crippen LogP contribution in [-0.2, 0) is 10.0 Å². The van der Waals surface area contributed by atoms with Crippen LogP contribution in [-0.4, -0.2) is 78.1 Å². The van der Waals surface area contributed by atoms with E-state index in [1.54, 1.807) is 0 Å². The van der Waals surface area contributed by atoms with Crippen molar-refractivity contribution < 1.29 is 31.1 Å². The van der Waals surface area contributed by atoms with Gasteiger partial charge in [0, 0.05) is 44.1 Å². The lowest BCUT2D eigenvalue weighted by molar-refractivity contribution is -0.274. The summed E-state index contributed by atoms with van der Waals surface area (Å²) in [4.78, 5) is 21.1. The Balaban J connectivity index is 0.915. The largest absolute Gasteiger partial charge is 0.573 e. The van der Waals surface area contributed by atoms with Crippen molar-refractivity contribution in [2.75, 3.05) is 32.7 Å². The van der Waals surface area contributed by atoms with E-state index < -0.39 is 22.1 Å². The number of carbonyl (C=O) groups is 1. The maximum Gasteiger partial charge on any atom is 0.573 e. The van der Waals surface area contributed by atoms with E-state index in [9.17, 15) is 26.4 Å². The van der Waals surface area contributed by atoms with Crippen molar-refractivity contribution in [2.24, 2.45) is 11.3 Å². The molecule has 0 radical (unpaired) electrons. The van der Waals surface area contributed by atoms with Crippen LogP contribution in [0.2, 0.25) is 0 Å². The molecule has 0 bridgehead atoms. The van der Waals surface area contributed by atoms with E-state index in [0.717, 1.165) is 56.0 Å². The summed E-state index contributed by atoms with van der Waals surface area (Å²) in [6.07, 6.45) is 2.75. The molecule has 1 spiro atoms. The van der Waals surface area contributed by atoms with Crippen LogP contribution in [0.15, 0.2) is 35.5 Å². The van der Waals surface area contributed by atoms with Crippen LogP contribution in [0.1, 0.15) is 56.3 Å². The summed E-state index contributed by atoms with van der Waals surface area (Å²) >= 11 is 0. The minimum absolute atomic E-state index is 0.0426. The first-order chi connectivity index (χ1) is 18.5. The smallest absolute Gasteiger partial charge is 0.406 e. The second-order valence-electron chi connectivity index (χ2n) is 11.4. The van der Waals surface area contributed by atoms with Crippen molar-refractivity contribution in [3.8, 4) is 5.75 Å². The molecule has 39 heavy (non-hydrogen) atoms. The highest BCUT2D eigenvalue weighted by molar-refractivity contribution is 7.89. The molecule has 1 aromatic carbocycles. The molecule has 4 aliphatic rings. The van der Waals surface area contributed by atoms with Crippen molar-refractivity contribution in [3.63, 3.8) is 0 Å². The molecular weight excluding hydrogens is 537 g/mol. The number of rotatable bonds is 7. The van der Waals surface area contributed by atoms with E-state index in [-0.39, 0.29) is 28.8 Å². The molecule has 4 fully saturated rings. The normalized spacial score (nSPS) is 22.0. The molecule has 14 heteroatoms. The van der Waals surface area contributed by atoms with Crippen LogP contribution >= 0.6 is 0 Å². The third-order valence-electron chi connectivity index (χ3n) is 8.32. The number of carbonyl (C=O) groups excluding carboxylic acids is 1. The quantitative estimate of drug-likeness (QED) is 0.548. The summed E-state index contributed by atoms with van der Waals surface area (Å²) < 4.78 is 70.4. The summed E-state index contributed by atoms with van der Waals surface area (Å²) in [5, 5.41) is 4.65. The molecule has 1 N–H and O–H groups in total. The molecule has 0 unspecified atom stereocenters. The number of amides is 2. The van der Waals surface area contributed by atoms with E-state index >= 15 is 0 Å². The number of halogens is 3. The molecule has 2 saturated heterocycles. The first-order valence-corrected chi connectivity index (χ1v) is 14.8. The number of ether oxygens (including phenoxy) is 1. The van der Waals surface area contributed by atoms with Gasteiger partial charge >= 0.3 is 12.4 Å². The van der Waals surface area contributed by atoms with E-state index in [1.165, 1.54) is 12.8 Å². The maximum atomic E-state index is 13.0. The van der Waals surface area contributed by atoms with Gasteiger partial charge in [-0.3, -0.25) is 0 Å². The van der Waals surface area contributed by atoms with Crippen molar-refractivity contribution in [1.82, 2.24) is 29.3 Å². The second-order valence-corrected chi connectivity index (χ2v) is 13.1. The van der Waals surface area contributed by atoms with Gasteiger partial charge in [-0.15, -0.1) is 13.2 Å². The van der Waals surface area contributed by atoms with Gasteiger partial charge < -0.3 is 14.5 Å². The Hall–Kier alpha value is -2.87. The zero-order valence-electron chi connectivity index (χ0n) is 21.3. The van der Waals surface area contributed by atoms with Crippen LogP contribution in [0.5, 0.6) is 5.75 Å². The van der Waals surface area contributed by atoms with E-state index in [1.807, 2.05) is 20.8 Å². The standard InChI is InChI=1S/C25H31F3N6O4S/c26-25(27,28)38-20-3-5-21(6-4-20)39(36,37)30-13-17-7-9-32(10-8-17)23(35)33-14-24(15-33)11-19(12-24)34-16-29-22(31-34)18-1-2-18/h3-6,16-19,30H,1-2,7-15H2. The number of hydrogen-bond acceptors (Lipinski definition) is 6. The zero-order chi connectivity index (χ0) is 27.4. The molecule has 2 aromatic rings. The molecule has 6 rings (SSSR count). The molecule has 2 aliphatic carbocycles. The highest BCUT2D eigenvalue weighted by Gasteiger charge is 2.55. The number of hydrogen-bond donors (Lipinski definition) is 1. The number of aromatic nitrogens is 3. The number of likely N-dealkylation sites (tertiary alicyclic amines) is 2. The Bertz CT molecular complexity index is 1310. The lowest BCUT2D eigenvalue weighted by atomic mass is 9.61. The summed E-state index contributed by atoms with van der Waals surface area (Å²) in [7, 11) is -3.88. The maximum absolute atomic E-state index is 13.0. The number of nitrogens with one attached hydrogen (secondary N) is 1. The SMILES string of the molecule is O=C(N1CCC(CNS(=O)(=O)c2ccc(OC(F)(F)F)cc2)CC1)N1CC2(CC(n3cnc(C4CC4)n3)C2)C1. The van der Waals surface area contributed by atoms with E-state index in [0.29, 0.717) is 37.9 Å². The number of benzene rings is 1. The minimum Gasteiger partial charge on any atom is -0.406 e. The molecule has 3 heterocycles. The third-order valence-corrected chi connectivity index (χ3v) is 9.76. The lowest BCUT2D eigenvalue weighted by Crippen LogP contribution is -2.66. The van der Waals surface area contributed by atoms with Crippen LogP contribution in [0.25, 0.3) is 0 Å². The summed E-state index contributed by atoms with van der Waals surface area (Å²) in [6, 6.07) is 4.50. The number of piperidine rings is 1. The number of urea groups is 1. The number of nitrogens with zero attached hydrogens (tertiary/aromatic N) is 5. The Morgan fingerprint density at radius 1 is 1.05 bits per heavy atom. The van der Waals surface area contributed by atoms with E-state index in [2.05, 4.69) is 19.5 Å². The van der Waals surface area contributed by atoms with Gasteiger partial charge in [-0.2, -0.15) is 5.10 Å². The first-order valence-electron chi connectivity index (χ1n) is 13.3. The fourth-order valence-electron chi connectivity index (χ4n) is 5.94. The summed E-state index contributed by atoms with van der Waals surface area (Å²) in [5.41, 5.74) is 0.194. The monoisotopic (exact) mass is 568 g/mol. The highest BCUT2D eigenvalue weighted by atomic mass is 32.2. The van der Waals surface area contributed by atoms with Crippen LogP contribution < -0.4 is 9.46 Å². The Morgan fingerprint density at radius 2 is 1.72 bits per heavy atom. The second kappa shape index (κ2) is 9.65. The fourth-order valence-corrected chi connectivity index (χ4v) is 7.05. The van der Waals surface area contributed by atoms with Gasteiger partial charge in [-0.05, 0) is 68.7 Å². The molecule has 2 aliphatic heterocycles. The first kappa shape index (κ1) is 26.4. The molecule has 10 nitrogen and oxygen atoms in total. The third kappa shape index (κ3) is 5.72. The van der Waals surface area contributed by atoms with Gasteiger partial charge in [0.05, 0.1) is 10.9 Å². The van der Waals surface area contributed by atoms with Crippen LogP contribution in [0, 0.1) is 11.3 Å². The molecule has 0 atom stereocenters. The molecule has 1 aromatic heterocycles. The zero-order valence-corrected chi connectivity index (χ0v) is 22.1. The predicted molar refractivity (Wildman–Crippen MR) is 132 cm³/mol. The van der Waals surface area contributed by atoms with Crippen molar-refractivity contribution in [3.05, 3.63) is 36.4 Å². The summed E-state index contributed by atoms with van der Waals surface area (Å²) in [6.45, 7) is 2.84. The molecular formula is C25H31F3N6O4S. The van der Waals surface area contributed by atoms with Gasteiger partial charge in [-0.25, -0.2) is 27.6 Å². The Morgan fingerprint density at radius 3 is 2.33 bits per heavy atom. The van der Waals surface area contributed by atoms with E-state index in [4.69, 9.17) is 0 Å². The van der Waals surface area contributed by atoms with Crippen molar-refractivity contribution >= 4 is 16.1 Å². The van der Waals surface area contributed by atoms with Crippen LogP contribution in [0.3, 0.4) is 0 Å². The van der Waals surface area contributed by atoms with Gasteiger partial charge in [-0.1, -0.05) is 0 Å². The molecule has 212 valence electrons. The van der Waals surface area contributed by atoms with Crippen molar-refractivity contribution in [2.45, 2.75) is 61.7 Å². The number of alkyl halides is 3. The number of sulfonamides is 1. The molecule has 2 amide bonds. The Kier molecular flexibility index (Phi) is 6.52. The average molecular weight is 569 g/mol. The Labute approximate surface area is 224 Å². The minimum atomic E-state index is -4.84.